The fraction of sp³-hybridized carbons (Fsp3) is 0.231. The number of benzene rings is 3. The van der Waals surface area contributed by atoms with Gasteiger partial charge in [0.25, 0.3) is 11.1 Å². The van der Waals surface area contributed by atoms with Gasteiger partial charge in [-0.2, -0.15) is 99.2 Å². The number of aromatic nitrogens is 3. The van der Waals surface area contributed by atoms with E-state index < -0.39 is 110 Å². The molecule has 3 heterocycles. The van der Waals surface area contributed by atoms with Crippen molar-refractivity contribution in [3.8, 4) is 24.1 Å². The zero-order valence-electron chi connectivity index (χ0n) is 35.6. The topological polar surface area (TPSA) is 184 Å². The quantitative estimate of drug-likeness (QED) is 0.0681. The largest absolute Gasteiger partial charge is 0.479 e. The molecule has 0 atom stereocenters. The number of rotatable bonds is 7. The summed E-state index contributed by atoms with van der Waals surface area (Å²) in [4.78, 5) is 24.8. The minimum atomic E-state index is -4.99. The van der Waals surface area contributed by atoms with Crippen molar-refractivity contribution in [3.05, 3.63) is 125 Å². The van der Waals surface area contributed by atoms with Crippen molar-refractivity contribution in [2.24, 2.45) is 7.05 Å². The first kappa shape index (κ1) is 60.6. The van der Waals surface area contributed by atoms with Crippen LogP contribution >= 0.6 is 57.2 Å². The molecule has 3 aromatic heterocycles. The van der Waals surface area contributed by atoms with Crippen LogP contribution < -0.4 is 31.8 Å². The number of nitriles is 3. The standard InChI is InChI=1S/2C13H7F6N3OS.C12H5F6N3OS.CH3I/c1-23-10-9(5-20)11(24-22-10)21-8-3-6(12(14,15)16)2-7(4-8)13(17,18)19;1-22-11(23)9(5-20)10(24-22)21-8-3-6(12(14,15)16)2-7(4-8)13(17,18)19;13-11(14,15)5-1-6(12(16,17)18)3-7(2-5)20-10-8(4-19)9(22)21-23-10;1-2/h2*2-4,21H,1H3;1-3,20H,(H,21,22);1H3. The first-order chi connectivity index (χ1) is 33.5. The van der Waals surface area contributed by atoms with Crippen molar-refractivity contribution in [1.29, 1.82) is 15.8 Å². The lowest BCUT2D eigenvalue weighted by atomic mass is 10.1. The second-order valence-electron chi connectivity index (χ2n) is 13.3. The van der Waals surface area contributed by atoms with E-state index >= 15 is 0 Å². The van der Waals surface area contributed by atoms with Crippen molar-refractivity contribution < 1.29 is 83.8 Å². The minimum Gasteiger partial charge on any atom is -0.479 e. The van der Waals surface area contributed by atoms with Gasteiger partial charge in [-0.25, -0.2) is 0 Å². The van der Waals surface area contributed by atoms with Crippen LogP contribution in [0.4, 0.5) is 111 Å². The molecule has 73 heavy (non-hydrogen) atoms. The number of methoxy groups -OCH3 is 1. The summed E-state index contributed by atoms with van der Waals surface area (Å²) in [6.45, 7) is 0. The lowest BCUT2D eigenvalue weighted by Gasteiger charge is -2.14. The fourth-order valence-electron chi connectivity index (χ4n) is 5.23. The van der Waals surface area contributed by atoms with Gasteiger partial charge in [0.1, 0.15) is 33.2 Å². The number of hydrogen-bond donors (Lipinski definition) is 4. The SMILES string of the molecule is CI.COc1nsc(Nc2cc(C(F)(F)F)cc(C(F)(F)F)c2)c1C#N.Cn1sc(Nc2cc(C(F)(F)F)cc(C(F)(F)F)c2)c(C#N)c1=O.N#Cc1c(Nc2cc(C(F)(F)F)cc(C(F)(F)F)c2)s[nH]c1=O. The van der Waals surface area contributed by atoms with Crippen molar-refractivity contribution in [2.45, 2.75) is 37.1 Å². The maximum atomic E-state index is 12.8. The Kier molecular flexibility index (Phi) is 19.5. The van der Waals surface area contributed by atoms with Crippen LogP contribution in [0.3, 0.4) is 0 Å². The summed E-state index contributed by atoms with van der Waals surface area (Å²) in [6, 6.07) is 7.69. The molecule has 0 saturated carbocycles. The molecule has 0 aliphatic rings. The number of nitrogens with one attached hydrogen (secondary N) is 4. The maximum Gasteiger partial charge on any atom is 0.416 e. The number of alkyl halides is 19. The van der Waals surface area contributed by atoms with E-state index in [1.165, 1.54) is 20.2 Å². The van der Waals surface area contributed by atoms with Crippen LogP contribution in [-0.2, 0) is 44.1 Å². The highest BCUT2D eigenvalue weighted by atomic mass is 127. The van der Waals surface area contributed by atoms with Crippen LogP contribution in [0.1, 0.15) is 50.1 Å². The van der Waals surface area contributed by atoms with E-state index in [0.717, 1.165) is 3.96 Å². The summed E-state index contributed by atoms with van der Waals surface area (Å²) < 4.78 is 242. The van der Waals surface area contributed by atoms with Gasteiger partial charge in [-0.15, -0.1) is 0 Å². The van der Waals surface area contributed by atoms with E-state index in [0.29, 0.717) is 71.0 Å². The van der Waals surface area contributed by atoms with Crippen LogP contribution in [-0.4, -0.2) is 24.7 Å². The third kappa shape index (κ3) is 16.1. The number of nitrogens with zero attached hydrogens (tertiary/aromatic N) is 5. The Balaban J connectivity index is 0.000000284. The molecule has 0 fully saturated rings. The van der Waals surface area contributed by atoms with Gasteiger partial charge in [0.05, 0.1) is 40.5 Å². The van der Waals surface area contributed by atoms with Gasteiger partial charge >= 0.3 is 37.1 Å². The summed E-state index contributed by atoms with van der Waals surface area (Å²) in [7, 11) is 2.54. The Labute approximate surface area is 421 Å². The lowest BCUT2D eigenvalue weighted by Crippen LogP contribution is -2.12. The molecule has 0 unspecified atom stereocenters. The molecule has 0 radical (unpaired) electrons. The second-order valence-corrected chi connectivity index (χ2v) is 16.1. The molecule has 0 saturated heterocycles. The zero-order valence-corrected chi connectivity index (χ0v) is 40.2. The van der Waals surface area contributed by atoms with Crippen LogP contribution in [0.5, 0.6) is 5.88 Å². The van der Waals surface area contributed by atoms with E-state index in [9.17, 15) is 88.6 Å². The van der Waals surface area contributed by atoms with E-state index in [-0.39, 0.29) is 44.6 Å². The predicted octanol–water partition coefficient (Wildman–Crippen LogP) is 14.0. The molecule has 0 aliphatic carbocycles. The number of H-pyrrole nitrogens is 1. The van der Waals surface area contributed by atoms with E-state index in [4.69, 9.17) is 20.5 Å². The Morgan fingerprint density at radius 1 is 0.534 bits per heavy atom. The van der Waals surface area contributed by atoms with E-state index in [1.807, 2.05) is 4.93 Å². The molecule has 3 aromatic carbocycles. The molecule has 392 valence electrons. The number of halogens is 19. The van der Waals surface area contributed by atoms with Crippen molar-refractivity contribution >= 4 is 89.3 Å². The minimum absolute atomic E-state index is 0.0101. The molecule has 0 spiro atoms. The molecule has 0 bridgehead atoms. The normalized spacial score (nSPS) is 11.8. The monoisotopic (exact) mass is 1230 g/mol. The smallest absolute Gasteiger partial charge is 0.416 e. The molecule has 0 aliphatic heterocycles. The third-order valence-electron chi connectivity index (χ3n) is 8.38. The molecule has 4 N–H and O–H groups in total. The summed E-state index contributed by atoms with van der Waals surface area (Å²) in [6.07, 6.45) is -29.9. The number of ether oxygens (including phenoxy) is 1. The van der Waals surface area contributed by atoms with Gasteiger partial charge in [-0.3, -0.25) is 17.9 Å². The van der Waals surface area contributed by atoms with Crippen molar-refractivity contribution in [3.63, 3.8) is 0 Å². The second kappa shape index (κ2) is 23.4. The summed E-state index contributed by atoms with van der Waals surface area (Å²) >= 11 is 4.11. The number of anilines is 6. The first-order valence-corrected chi connectivity index (χ1v) is 22.8. The molecular formula is C39H22F18IN9O3S3. The van der Waals surface area contributed by atoms with Gasteiger partial charge in [0, 0.05) is 24.1 Å². The van der Waals surface area contributed by atoms with Crippen LogP contribution in [0.25, 0.3) is 0 Å². The van der Waals surface area contributed by atoms with Crippen LogP contribution in [0.15, 0.2) is 64.2 Å². The van der Waals surface area contributed by atoms with E-state index in [1.54, 1.807) is 12.1 Å². The van der Waals surface area contributed by atoms with Crippen LogP contribution in [0.2, 0.25) is 0 Å². The Bertz CT molecular complexity index is 3070. The molecule has 0 amide bonds. The molecule has 6 rings (SSSR count). The molecule has 34 heteroatoms. The molecule has 12 nitrogen and oxygen atoms in total. The zero-order chi connectivity index (χ0) is 55.8. The van der Waals surface area contributed by atoms with Gasteiger partial charge in [0.2, 0.25) is 5.88 Å². The third-order valence-corrected chi connectivity index (χ3v) is 10.9. The van der Waals surface area contributed by atoms with Crippen LogP contribution in [0, 0.1) is 34.0 Å². The highest BCUT2D eigenvalue weighted by Gasteiger charge is 2.40. The average Bonchev–Trinajstić information content (AvgIpc) is 3.94. The Morgan fingerprint density at radius 3 is 1.15 bits per heavy atom. The fourth-order valence-corrected chi connectivity index (χ4v) is 7.50. The van der Waals surface area contributed by atoms with Gasteiger partial charge in [0.15, 0.2) is 16.7 Å². The van der Waals surface area contributed by atoms with Crippen molar-refractivity contribution in [1.82, 2.24) is 12.7 Å². The maximum absolute atomic E-state index is 12.8. The van der Waals surface area contributed by atoms with Gasteiger partial charge in [-0.1, -0.05) is 22.6 Å². The molecular weight excluding hydrogens is 1210 g/mol. The van der Waals surface area contributed by atoms with Crippen molar-refractivity contribution in [2.75, 3.05) is 28.0 Å². The summed E-state index contributed by atoms with van der Waals surface area (Å²) in [5.74, 6) is -0.0759. The summed E-state index contributed by atoms with van der Waals surface area (Å²) in [5, 5.41) is 33.2. The highest BCUT2D eigenvalue weighted by Crippen LogP contribution is 2.42. The average molecular weight is 1230 g/mol. The first-order valence-electron chi connectivity index (χ1n) is 18.2. The highest BCUT2D eigenvalue weighted by molar-refractivity contribution is 14.1. The predicted molar refractivity (Wildman–Crippen MR) is 236 cm³/mol. The molecule has 6 aromatic rings. The number of aryl methyl sites for hydroxylation is 1. The lowest BCUT2D eigenvalue weighted by molar-refractivity contribution is -0.144. The number of hydrogen-bond acceptors (Lipinski definition) is 13. The Hall–Kier alpha value is -6.71. The number of aromatic amines is 1. The van der Waals surface area contributed by atoms with E-state index in [2.05, 4.69) is 47.3 Å². The van der Waals surface area contributed by atoms with Gasteiger partial charge in [-0.05, 0) is 94.1 Å². The van der Waals surface area contributed by atoms with Gasteiger partial charge < -0.3 is 20.7 Å². The summed E-state index contributed by atoms with van der Waals surface area (Å²) in [5.41, 5.74) is -12.9. The Morgan fingerprint density at radius 2 is 0.849 bits per heavy atom.